The van der Waals surface area contributed by atoms with Gasteiger partial charge in [0.1, 0.15) is 6.23 Å². The van der Waals surface area contributed by atoms with Gasteiger partial charge in [-0.1, -0.05) is 52.0 Å². The molecule has 0 amide bonds. The van der Waals surface area contributed by atoms with E-state index in [1.165, 1.54) is 77.0 Å². The van der Waals surface area contributed by atoms with E-state index in [9.17, 15) is 5.11 Å². The van der Waals surface area contributed by atoms with Gasteiger partial charge in [0.25, 0.3) is 0 Å². The first-order valence-corrected chi connectivity index (χ1v) is 15.7. The van der Waals surface area contributed by atoms with Crippen LogP contribution in [0.4, 0.5) is 0 Å². The Morgan fingerprint density at radius 1 is 0.647 bits per heavy atom. The lowest BCUT2D eigenvalue weighted by molar-refractivity contribution is 0.0831. The smallest absolute Gasteiger partial charge is 0.124 e. The van der Waals surface area contributed by atoms with Crippen LogP contribution in [0.1, 0.15) is 135 Å². The van der Waals surface area contributed by atoms with E-state index in [4.69, 9.17) is 0 Å². The van der Waals surface area contributed by atoms with Crippen molar-refractivity contribution in [2.75, 3.05) is 0 Å². The maximum absolute atomic E-state index is 9.79. The predicted molar refractivity (Wildman–Crippen MR) is 146 cm³/mol. The van der Waals surface area contributed by atoms with Gasteiger partial charge in [0.2, 0.25) is 0 Å². The van der Waals surface area contributed by atoms with Gasteiger partial charge in [-0.3, -0.25) is 5.32 Å². The molecule has 4 saturated carbocycles. The fourth-order valence-corrected chi connectivity index (χ4v) is 8.87. The molecule has 4 rings (SSSR count). The average Bonchev–Trinajstić information content (AvgIpc) is 2.90. The Bertz CT molecular complexity index is 558. The zero-order valence-corrected chi connectivity index (χ0v) is 22.6. The number of hydrogen-bond acceptors (Lipinski definition) is 2. The van der Waals surface area contributed by atoms with Crippen molar-refractivity contribution in [3.63, 3.8) is 0 Å². The van der Waals surface area contributed by atoms with Crippen molar-refractivity contribution in [2.45, 2.75) is 148 Å². The van der Waals surface area contributed by atoms with Crippen LogP contribution in [0.2, 0.25) is 0 Å². The second-order valence-corrected chi connectivity index (χ2v) is 13.1. The molecule has 0 radical (unpaired) electrons. The Labute approximate surface area is 212 Å². The van der Waals surface area contributed by atoms with E-state index in [1.807, 2.05) is 0 Å². The SMILES string of the molecule is C=CC(O)NC1CCC(C2CCC(C3CCC(C4CCC(CCCCC)CC4)CC3)CC2)CC1. The van der Waals surface area contributed by atoms with Crippen LogP contribution in [0.15, 0.2) is 12.7 Å². The van der Waals surface area contributed by atoms with Crippen molar-refractivity contribution in [1.29, 1.82) is 0 Å². The quantitative estimate of drug-likeness (QED) is 0.190. The predicted octanol–water partition coefficient (Wildman–Crippen LogP) is 8.64. The first-order chi connectivity index (χ1) is 16.7. The fraction of sp³-hybridized carbons (Fsp3) is 0.938. The molecule has 0 aromatic heterocycles. The fourth-order valence-electron chi connectivity index (χ4n) is 8.87. The Morgan fingerprint density at radius 2 is 1.03 bits per heavy atom. The minimum absolute atomic E-state index is 0.492. The van der Waals surface area contributed by atoms with Gasteiger partial charge in [-0.2, -0.15) is 0 Å². The summed E-state index contributed by atoms with van der Waals surface area (Å²) in [4.78, 5) is 0. The summed E-state index contributed by atoms with van der Waals surface area (Å²) in [6, 6.07) is 0.492. The van der Waals surface area contributed by atoms with E-state index in [-0.39, 0.29) is 0 Å². The molecule has 0 spiro atoms. The molecule has 0 aromatic rings. The zero-order chi connectivity index (χ0) is 23.8. The summed E-state index contributed by atoms with van der Waals surface area (Å²) >= 11 is 0. The number of nitrogens with one attached hydrogen (secondary N) is 1. The van der Waals surface area contributed by atoms with Crippen molar-refractivity contribution in [3.05, 3.63) is 12.7 Å². The molecule has 1 unspecified atom stereocenters. The molecule has 0 heterocycles. The molecule has 2 heteroatoms. The van der Waals surface area contributed by atoms with Gasteiger partial charge >= 0.3 is 0 Å². The minimum atomic E-state index is -0.530. The van der Waals surface area contributed by atoms with E-state index >= 15 is 0 Å². The highest BCUT2D eigenvalue weighted by Gasteiger charge is 2.36. The van der Waals surface area contributed by atoms with Crippen molar-refractivity contribution < 1.29 is 5.11 Å². The highest BCUT2D eigenvalue weighted by Crippen LogP contribution is 2.48. The number of hydrogen-bond donors (Lipinski definition) is 2. The van der Waals surface area contributed by atoms with Crippen LogP contribution in [0.25, 0.3) is 0 Å². The molecule has 0 saturated heterocycles. The summed E-state index contributed by atoms with van der Waals surface area (Å²) in [5.41, 5.74) is 0. The summed E-state index contributed by atoms with van der Waals surface area (Å²) in [7, 11) is 0. The lowest BCUT2D eigenvalue weighted by Gasteiger charge is -2.43. The first kappa shape index (κ1) is 26.7. The molecule has 0 aliphatic heterocycles. The third-order valence-corrected chi connectivity index (χ3v) is 11.1. The number of aliphatic hydroxyl groups is 1. The molecule has 196 valence electrons. The van der Waals surface area contributed by atoms with E-state index in [2.05, 4.69) is 18.8 Å². The topological polar surface area (TPSA) is 32.3 Å². The highest BCUT2D eigenvalue weighted by atomic mass is 16.3. The van der Waals surface area contributed by atoms with Gasteiger partial charge in [-0.05, 0) is 137 Å². The summed E-state index contributed by atoms with van der Waals surface area (Å²) in [5.74, 6) is 7.27. The summed E-state index contributed by atoms with van der Waals surface area (Å²) < 4.78 is 0. The summed E-state index contributed by atoms with van der Waals surface area (Å²) in [5, 5.41) is 13.1. The molecule has 1 atom stereocenters. The summed E-state index contributed by atoms with van der Waals surface area (Å²) in [6.07, 6.45) is 30.6. The Hall–Kier alpha value is -0.340. The largest absolute Gasteiger partial charge is 0.375 e. The zero-order valence-electron chi connectivity index (χ0n) is 22.6. The minimum Gasteiger partial charge on any atom is -0.375 e. The Kier molecular flexibility index (Phi) is 10.9. The lowest BCUT2D eigenvalue weighted by Crippen LogP contribution is -2.40. The van der Waals surface area contributed by atoms with E-state index < -0.39 is 6.23 Å². The highest BCUT2D eigenvalue weighted by molar-refractivity contribution is 4.89. The second kappa shape index (κ2) is 13.8. The molecule has 0 aromatic carbocycles. The second-order valence-electron chi connectivity index (χ2n) is 13.1. The van der Waals surface area contributed by atoms with Gasteiger partial charge in [-0.25, -0.2) is 0 Å². The lowest BCUT2D eigenvalue weighted by atomic mass is 9.63. The first-order valence-electron chi connectivity index (χ1n) is 15.7. The Morgan fingerprint density at radius 3 is 1.41 bits per heavy atom. The molecular weight excluding hydrogens is 414 g/mol. The molecule has 2 nitrogen and oxygen atoms in total. The number of rotatable bonds is 10. The number of unbranched alkanes of at least 4 members (excludes halogenated alkanes) is 2. The Balaban J connectivity index is 1.10. The molecule has 4 aliphatic carbocycles. The molecule has 34 heavy (non-hydrogen) atoms. The molecular formula is C32H57NO. The molecule has 0 bridgehead atoms. The average molecular weight is 472 g/mol. The van der Waals surface area contributed by atoms with E-state index in [0.29, 0.717) is 6.04 Å². The van der Waals surface area contributed by atoms with E-state index in [0.717, 1.165) is 41.4 Å². The van der Waals surface area contributed by atoms with Crippen molar-refractivity contribution in [1.82, 2.24) is 5.32 Å². The number of aliphatic hydroxyl groups excluding tert-OH is 1. The normalized spacial score (nSPS) is 40.5. The van der Waals surface area contributed by atoms with Gasteiger partial charge < -0.3 is 5.11 Å². The van der Waals surface area contributed by atoms with Crippen LogP contribution < -0.4 is 5.32 Å². The van der Waals surface area contributed by atoms with Gasteiger partial charge in [0.05, 0.1) is 0 Å². The molecule has 2 N–H and O–H groups in total. The van der Waals surface area contributed by atoms with Crippen LogP contribution in [0, 0.1) is 41.4 Å². The van der Waals surface area contributed by atoms with Gasteiger partial charge in [0.15, 0.2) is 0 Å². The van der Waals surface area contributed by atoms with Gasteiger partial charge in [-0.15, -0.1) is 0 Å². The van der Waals surface area contributed by atoms with Crippen LogP contribution in [-0.4, -0.2) is 17.4 Å². The maximum Gasteiger partial charge on any atom is 0.124 e. The maximum atomic E-state index is 9.79. The third-order valence-electron chi connectivity index (χ3n) is 11.1. The van der Waals surface area contributed by atoms with Crippen molar-refractivity contribution in [3.8, 4) is 0 Å². The summed E-state index contributed by atoms with van der Waals surface area (Å²) in [6.45, 7) is 6.02. The molecule has 4 aliphatic rings. The van der Waals surface area contributed by atoms with Crippen LogP contribution >= 0.6 is 0 Å². The monoisotopic (exact) mass is 471 g/mol. The third kappa shape index (κ3) is 7.58. The molecule has 4 fully saturated rings. The standard InChI is InChI=1S/C32H57NO/c1-3-5-6-7-24-8-10-25(11-9-24)26-12-14-27(15-13-26)28-16-18-29(19-17-28)30-20-22-31(23-21-30)33-32(34)4-2/h4,24-34H,2-3,5-23H2,1H3. The van der Waals surface area contributed by atoms with E-state index in [1.54, 1.807) is 57.4 Å². The van der Waals surface area contributed by atoms with Crippen LogP contribution in [0.3, 0.4) is 0 Å². The van der Waals surface area contributed by atoms with Gasteiger partial charge in [0, 0.05) is 6.04 Å². The van der Waals surface area contributed by atoms with Crippen LogP contribution in [0.5, 0.6) is 0 Å². The van der Waals surface area contributed by atoms with Crippen molar-refractivity contribution in [2.24, 2.45) is 41.4 Å². The van der Waals surface area contributed by atoms with Crippen LogP contribution in [-0.2, 0) is 0 Å². The van der Waals surface area contributed by atoms with Crippen molar-refractivity contribution >= 4 is 0 Å².